The van der Waals surface area contributed by atoms with Gasteiger partial charge in [0.1, 0.15) is 0 Å². The minimum absolute atomic E-state index is 0.212. The van der Waals surface area contributed by atoms with Crippen LogP contribution in [0.1, 0.15) is 36.6 Å². The Balaban J connectivity index is 2.23. The van der Waals surface area contributed by atoms with E-state index in [0.29, 0.717) is 19.3 Å². The SMILES string of the molecule is [2H]C([2H])([2H])C12CCC(CC(O)C1)N2. The highest BCUT2D eigenvalue weighted by Gasteiger charge is 2.40. The van der Waals surface area contributed by atoms with E-state index in [-0.39, 0.29) is 6.04 Å². The van der Waals surface area contributed by atoms with Crippen LogP contribution in [0, 0.1) is 0 Å². The fourth-order valence-corrected chi connectivity index (χ4v) is 2.11. The van der Waals surface area contributed by atoms with E-state index >= 15 is 0 Å². The normalized spacial score (nSPS) is 59.1. The molecule has 2 N–H and O–H groups in total. The number of aliphatic hydroxyl groups excluding tert-OH is 1. The maximum atomic E-state index is 9.53. The van der Waals surface area contributed by atoms with E-state index in [0.717, 1.165) is 6.42 Å². The van der Waals surface area contributed by atoms with Crippen molar-refractivity contribution in [3.8, 4) is 0 Å². The van der Waals surface area contributed by atoms with E-state index in [2.05, 4.69) is 5.32 Å². The molecule has 2 nitrogen and oxygen atoms in total. The van der Waals surface area contributed by atoms with Crippen molar-refractivity contribution in [3.05, 3.63) is 0 Å². The molecule has 0 saturated carbocycles. The fourth-order valence-electron chi connectivity index (χ4n) is 2.11. The van der Waals surface area contributed by atoms with Crippen LogP contribution in [0.4, 0.5) is 0 Å². The molecule has 3 atom stereocenters. The molecule has 2 bridgehead atoms. The fraction of sp³-hybridized carbons (Fsp3) is 1.00. The average Bonchev–Trinajstić information content (AvgIpc) is 2.26. The summed E-state index contributed by atoms with van der Waals surface area (Å²) in [6.07, 6.45) is 2.20. The molecule has 0 aromatic rings. The highest BCUT2D eigenvalue weighted by molar-refractivity contribution is 5.00. The van der Waals surface area contributed by atoms with E-state index in [4.69, 9.17) is 4.11 Å². The summed E-state index contributed by atoms with van der Waals surface area (Å²) in [5.74, 6) is 0. The first-order chi connectivity index (χ1) is 5.93. The summed E-state index contributed by atoms with van der Waals surface area (Å²) in [7, 11) is 0. The van der Waals surface area contributed by atoms with Crippen LogP contribution < -0.4 is 5.32 Å². The van der Waals surface area contributed by atoms with Gasteiger partial charge in [-0.25, -0.2) is 0 Å². The smallest absolute Gasteiger partial charge is 0.0572 e. The lowest BCUT2D eigenvalue weighted by molar-refractivity contribution is 0.0874. The monoisotopic (exact) mass is 144 g/mol. The van der Waals surface area contributed by atoms with Gasteiger partial charge in [0, 0.05) is 15.7 Å². The standard InChI is InChI=1S/C8H15NO/c1-8-3-2-6(9-8)4-7(10)5-8/h6-7,9-10H,2-5H2,1H3/i1D3. The van der Waals surface area contributed by atoms with Gasteiger partial charge in [0.2, 0.25) is 0 Å². The largest absolute Gasteiger partial charge is 0.393 e. The van der Waals surface area contributed by atoms with Crippen molar-refractivity contribution in [2.75, 3.05) is 0 Å². The minimum Gasteiger partial charge on any atom is -0.393 e. The highest BCUT2D eigenvalue weighted by Crippen LogP contribution is 2.34. The van der Waals surface area contributed by atoms with Crippen molar-refractivity contribution in [2.45, 2.75) is 50.2 Å². The number of piperidine rings is 1. The second-order valence-electron chi connectivity index (χ2n) is 3.56. The first kappa shape index (κ1) is 4.07. The molecule has 2 heterocycles. The molecule has 2 fully saturated rings. The third-order valence-corrected chi connectivity index (χ3v) is 2.54. The van der Waals surface area contributed by atoms with E-state index in [1.165, 1.54) is 0 Å². The maximum absolute atomic E-state index is 9.53. The van der Waals surface area contributed by atoms with Crippen LogP contribution in [0.3, 0.4) is 0 Å². The van der Waals surface area contributed by atoms with Crippen LogP contribution in [0.2, 0.25) is 0 Å². The second kappa shape index (κ2) is 1.95. The van der Waals surface area contributed by atoms with Crippen molar-refractivity contribution < 1.29 is 9.22 Å². The van der Waals surface area contributed by atoms with E-state index in [1.54, 1.807) is 0 Å². The Labute approximate surface area is 65.8 Å². The van der Waals surface area contributed by atoms with Gasteiger partial charge < -0.3 is 10.4 Å². The summed E-state index contributed by atoms with van der Waals surface area (Å²) in [5, 5.41) is 12.7. The lowest BCUT2D eigenvalue weighted by Gasteiger charge is -2.33. The Morgan fingerprint density at radius 3 is 3.50 bits per heavy atom. The molecule has 58 valence electrons. The van der Waals surface area contributed by atoms with Crippen LogP contribution in [0.5, 0.6) is 0 Å². The summed E-state index contributed by atoms with van der Waals surface area (Å²) in [5.41, 5.74) is -0.796. The second-order valence-corrected chi connectivity index (χ2v) is 3.56. The summed E-state index contributed by atoms with van der Waals surface area (Å²) >= 11 is 0. The molecule has 2 aliphatic heterocycles. The first-order valence-electron chi connectivity index (χ1n) is 5.39. The highest BCUT2D eigenvalue weighted by atomic mass is 16.3. The van der Waals surface area contributed by atoms with Gasteiger partial charge in [-0.1, -0.05) is 0 Å². The average molecular weight is 144 g/mol. The van der Waals surface area contributed by atoms with Gasteiger partial charge in [0.25, 0.3) is 0 Å². The molecule has 2 heteroatoms. The van der Waals surface area contributed by atoms with Crippen molar-refractivity contribution in [1.82, 2.24) is 5.32 Å². The third kappa shape index (κ3) is 0.956. The zero-order valence-corrected chi connectivity index (χ0v) is 5.93. The Bertz CT molecular complexity index is 218. The molecule has 2 saturated heterocycles. The number of nitrogens with one attached hydrogen (secondary N) is 1. The van der Waals surface area contributed by atoms with Gasteiger partial charge in [-0.15, -0.1) is 0 Å². The molecule has 0 spiro atoms. The van der Waals surface area contributed by atoms with Gasteiger partial charge >= 0.3 is 0 Å². The van der Waals surface area contributed by atoms with Gasteiger partial charge in [0.05, 0.1) is 6.10 Å². The number of fused-ring (bicyclic) bond motifs is 2. The van der Waals surface area contributed by atoms with E-state index < -0.39 is 18.5 Å². The molecule has 0 radical (unpaired) electrons. The topological polar surface area (TPSA) is 32.3 Å². The van der Waals surface area contributed by atoms with Crippen molar-refractivity contribution in [1.29, 1.82) is 0 Å². The quantitative estimate of drug-likeness (QED) is 0.523. The van der Waals surface area contributed by atoms with Crippen molar-refractivity contribution in [2.24, 2.45) is 0 Å². The molecule has 0 amide bonds. The Morgan fingerprint density at radius 2 is 2.70 bits per heavy atom. The molecule has 0 aliphatic carbocycles. The van der Waals surface area contributed by atoms with Gasteiger partial charge in [-0.05, 0) is 32.5 Å². The maximum Gasteiger partial charge on any atom is 0.0572 e. The van der Waals surface area contributed by atoms with Gasteiger partial charge in [-0.3, -0.25) is 0 Å². The zero-order valence-electron chi connectivity index (χ0n) is 8.93. The zero-order chi connectivity index (χ0) is 9.69. The lowest BCUT2D eigenvalue weighted by Crippen LogP contribution is -2.48. The Kier molecular flexibility index (Phi) is 0.796. The predicted octanol–water partition coefficient (Wildman–Crippen LogP) is 0.652. The van der Waals surface area contributed by atoms with Crippen LogP contribution in [0.25, 0.3) is 0 Å². The van der Waals surface area contributed by atoms with Crippen molar-refractivity contribution in [3.63, 3.8) is 0 Å². The van der Waals surface area contributed by atoms with Crippen LogP contribution in [-0.2, 0) is 0 Å². The number of hydrogen-bond donors (Lipinski definition) is 2. The summed E-state index contributed by atoms with van der Waals surface area (Å²) in [6.45, 7) is -1.98. The molecule has 10 heavy (non-hydrogen) atoms. The predicted molar refractivity (Wildman–Crippen MR) is 39.8 cm³/mol. The summed E-state index contributed by atoms with van der Waals surface area (Å²) in [4.78, 5) is 0. The van der Waals surface area contributed by atoms with E-state index in [9.17, 15) is 5.11 Å². The van der Waals surface area contributed by atoms with Gasteiger partial charge in [-0.2, -0.15) is 0 Å². The van der Waals surface area contributed by atoms with Crippen LogP contribution in [0.15, 0.2) is 0 Å². The van der Waals surface area contributed by atoms with Crippen molar-refractivity contribution >= 4 is 0 Å². The minimum atomic E-state index is -1.98. The summed E-state index contributed by atoms with van der Waals surface area (Å²) in [6, 6.07) is 0.212. The van der Waals surface area contributed by atoms with Gasteiger partial charge in [0.15, 0.2) is 0 Å². The first-order valence-corrected chi connectivity index (χ1v) is 3.89. The Hall–Kier alpha value is -0.0800. The lowest BCUT2D eigenvalue weighted by atomic mass is 9.91. The number of aliphatic hydroxyl groups is 1. The number of rotatable bonds is 0. The molecule has 3 unspecified atom stereocenters. The molecule has 2 rings (SSSR count). The molecule has 0 aromatic carbocycles. The molecular weight excluding hydrogens is 126 g/mol. The summed E-state index contributed by atoms with van der Waals surface area (Å²) < 4.78 is 22.4. The van der Waals surface area contributed by atoms with E-state index in [1.807, 2.05) is 0 Å². The Morgan fingerprint density at radius 1 is 1.80 bits per heavy atom. The number of hydrogen-bond acceptors (Lipinski definition) is 2. The van der Waals surface area contributed by atoms with Crippen LogP contribution >= 0.6 is 0 Å². The molecule has 2 aliphatic rings. The van der Waals surface area contributed by atoms with Crippen LogP contribution in [-0.4, -0.2) is 22.8 Å². The third-order valence-electron chi connectivity index (χ3n) is 2.54. The molecule has 0 aromatic heterocycles. The molecular formula is C8H15NO.